The maximum absolute atomic E-state index is 12.8. The van der Waals surface area contributed by atoms with Gasteiger partial charge in [0.25, 0.3) is 0 Å². The van der Waals surface area contributed by atoms with Gasteiger partial charge in [0.1, 0.15) is 0 Å². The number of anilines is 1. The van der Waals surface area contributed by atoms with Crippen molar-refractivity contribution in [1.29, 1.82) is 0 Å². The minimum Gasteiger partial charge on any atom is -0.368 e. The largest absolute Gasteiger partial charge is 0.368 e. The van der Waals surface area contributed by atoms with Gasteiger partial charge in [-0.3, -0.25) is 4.79 Å². The lowest BCUT2D eigenvalue weighted by molar-refractivity contribution is -0.132. The van der Waals surface area contributed by atoms with Gasteiger partial charge in [-0.1, -0.05) is 17.7 Å². The standard InChI is InChI=1S/C20H23ClN2OS/c1-13-3-5-15(21)11-18(13)22-7-9-23(10-8-22)20(24)17-12-16(17)19-6-4-14(2)25-19/h3-6,11,16-17H,7-10,12H2,1-2H3/t16-,17+/m1/s1. The van der Waals surface area contributed by atoms with E-state index in [4.69, 9.17) is 11.6 Å². The Kier molecular flexibility index (Phi) is 4.50. The van der Waals surface area contributed by atoms with Gasteiger partial charge in [-0.15, -0.1) is 11.3 Å². The summed E-state index contributed by atoms with van der Waals surface area (Å²) in [5, 5.41) is 0.770. The number of amides is 1. The van der Waals surface area contributed by atoms with Crippen LogP contribution in [-0.2, 0) is 4.79 Å². The molecule has 0 unspecified atom stereocenters. The molecule has 1 saturated heterocycles. The summed E-state index contributed by atoms with van der Waals surface area (Å²) in [6.07, 6.45) is 1.02. The average molecular weight is 375 g/mol. The van der Waals surface area contributed by atoms with Crippen molar-refractivity contribution in [1.82, 2.24) is 4.90 Å². The number of halogens is 1. The normalized spacial score (nSPS) is 23.0. The van der Waals surface area contributed by atoms with Crippen molar-refractivity contribution >= 4 is 34.5 Å². The second-order valence-electron chi connectivity index (χ2n) is 7.14. The smallest absolute Gasteiger partial charge is 0.226 e. The van der Waals surface area contributed by atoms with Crippen LogP contribution in [0.5, 0.6) is 0 Å². The van der Waals surface area contributed by atoms with Gasteiger partial charge in [0.15, 0.2) is 0 Å². The molecule has 1 aromatic carbocycles. The minimum absolute atomic E-state index is 0.206. The van der Waals surface area contributed by atoms with Crippen molar-refractivity contribution in [2.24, 2.45) is 5.92 Å². The number of thiophene rings is 1. The Bertz CT molecular complexity index is 795. The lowest BCUT2D eigenvalue weighted by Gasteiger charge is -2.37. The van der Waals surface area contributed by atoms with E-state index in [1.165, 1.54) is 21.0 Å². The molecule has 1 aliphatic heterocycles. The number of hydrogen-bond acceptors (Lipinski definition) is 3. The first-order chi connectivity index (χ1) is 12.0. The summed E-state index contributed by atoms with van der Waals surface area (Å²) < 4.78 is 0. The number of carbonyl (C=O) groups excluding carboxylic acids is 1. The van der Waals surface area contributed by atoms with Crippen molar-refractivity contribution in [2.45, 2.75) is 26.2 Å². The first-order valence-electron chi connectivity index (χ1n) is 8.89. The predicted molar refractivity (Wildman–Crippen MR) is 105 cm³/mol. The van der Waals surface area contributed by atoms with E-state index in [-0.39, 0.29) is 5.92 Å². The molecule has 1 amide bonds. The average Bonchev–Trinajstić information content (AvgIpc) is 3.30. The van der Waals surface area contributed by atoms with Crippen molar-refractivity contribution in [3.63, 3.8) is 0 Å². The second kappa shape index (κ2) is 6.65. The third kappa shape index (κ3) is 3.42. The molecule has 132 valence electrons. The highest BCUT2D eigenvalue weighted by atomic mass is 35.5. The highest BCUT2D eigenvalue weighted by molar-refractivity contribution is 7.12. The molecule has 2 heterocycles. The van der Waals surface area contributed by atoms with E-state index in [0.717, 1.165) is 37.6 Å². The highest BCUT2D eigenvalue weighted by Crippen LogP contribution is 2.50. The van der Waals surface area contributed by atoms with Gasteiger partial charge in [0.2, 0.25) is 5.91 Å². The Morgan fingerprint density at radius 2 is 1.88 bits per heavy atom. The minimum atomic E-state index is 0.206. The third-order valence-corrected chi connectivity index (χ3v) is 6.71. The number of carbonyl (C=O) groups is 1. The fourth-order valence-electron chi connectivity index (χ4n) is 3.76. The van der Waals surface area contributed by atoms with E-state index in [2.05, 4.69) is 41.8 Å². The lowest BCUT2D eigenvalue weighted by atomic mass is 10.1. The van der Waals surface area contributed by atoms with Crippen LogP contribution >= 0.6 is 22.9 Å². The van der Waals surface area contributed by atoms with Gasteiger partial charge in [0, 0.05) is 58.5 Å². The number of benzene rings is 1. The predicted octanol–water partition coefficient (Wildman–Crippen LogP) is 4.47. The quantitative estimate of drug-likeness (QED) is 0.791. The van der Waals surface area contributed by atoms with Crippen molar-refractivity contribution in [3.8, 4) is 0 Å². The van der Waals surface area contributed by atoms with Crippen molar-refractivity contribution in [2.75, 3.05) is 31.1 Å². The van der Waals surface area contributed by atoms with Crippen LogP contribution in [0.2, 0.25) is 5.02 Å². The topological polar surface area (TPSA) is 23.6 Å². The van der Waals surface area contributed by atoms with Crippen molar-refractivity contribution in [3.05, 3.63) is 50.7 Å². The van der Waals surface area contributed by atoms with Gasteiger partial charge in [-0.25, -0.2) is 0 Å². The Hall–Kier alpha value is -1.52. The van der Waals surface area contributed by atoms with E-state index in [0.29, 0.717) is 11.8 Å². The molecule has 3 nitrogen and oxygen atoms in total. The molecule has 0 N–H and O–H groups in total. The monoisotopic (exact) mass is 374 g/mol. The van der Waals surface area contributed by atoms with Gasteiger partial charge in [-0.2, -0.15) is 0 Å². The van der Waals surface area contributed by atoms with Gasteiger partial charge in [-0.05, 0) is 50.1 Å². The van der Waals surface area contributed by atoms with Crippen LogP contribution in [0.1, 0.15) is 27.7 Å². The van der Waals surface area contributed by atoms with Gasteiger partial charge < -0.3 is 9.80 Å². The molecule has 1 aliphatic carbocycles. The van der Waals surface area contributed by atoms with Gasteiger partial charge >= 0.3 is 0 Å². The molecule has 2 fully saturated rings. The van der Waals surface area contributed by atoms with E-state index >= 15 is 0 Å². The molecule has 1 saturated carbocycles. The van der Waals surface area contributed by atoms with Crippen LogP contribution in [0.25, 0.3) is 0 Å². The summed E-state index contributed by atoms with van der Waals surface area (Å²) in [6, 6.07) is 10.4. The van der Waals surface area contributed by atoms with E-state index < -0.39 is 0 Å². The zero-order chi connectivity index (χ0) is 17.6. The Morgan fingerprint density at radius 1 is 1.12 bits per heavy atom. The number of aryl methyl sites for hydroxylation is 2. The molecule has 0 bridgehead atoms. The molecule has 2 aliphatic rings. The van der Waals surface area contributed by atoms with Gasteiger partial charge in [0.05, 0.1) is 0 Å². The Balaban J connectivity index is 1.36. The molecule has 1 aromatic heterocycles. The maximum atomic E-state index is 12.8. The van der Waals surface area contributed by atoms with Crippen molar-refractivity contribution < 1.29 is 4.79 Å². The van der Waals surface area contributed by atoms with Crippen LogP contribution in [0.4, 0.5) is 5.69 Å². The van der Waals surface area contributed by atoms with Crippen LogP contribution in [0, 0.1) is 19.8 Å². The van der Waals surface area contributed by atoms with Crippen LogP contribution < -0.4 is 4.90 Å². The van der Waals surface area contributed by atoms with E-state index in [1.54, 1.807) is 0 Å². The Morgan fingerprint density at radius 3 is 2.56 bits per heavy atom. The van der Waals surface area contributed by atoms with E-state index in [9.17, 15) is 4.79 Å². The number of rotatable bonds is 3. The summed E-state index contributed by atoms with van der Waals surface area (Å²) in [7, 11) is 0. The van der Waals surface area contributed by atoms with Crippen LogP contribution in [0.3, 0.4) is 0 Å². The molecule has 4 rings (SSSR count). The summed E-state index contributed by atoms with van der Waals surface area (Å²) in [5.74, 6) is 1.01. The summed E-state index contributed by atoms with van der Waals surface area (Å²) >= 11 is 7.99. The van der Waals surface area contributed by atoms with Crippen LogP contribution in [-0.4, -0.2) is 37.0 Å². The lowest BCUT2D eigenvalue weighted by Crippen LogP contribution is -2.49. The first kappa shape index (κ1) is 16.9. The molecule has 0 radical (unpaired) electrons. The summed E-state index contributed by atoms with van der Waals surface area (Å²) in [5.41, 5.74) is 2.43. The zero-order valence-corrected chi connectivity index (χ0v) is 16.2. The first-order valence-corrected chi connectivity index (χ1v) is 10.1. The third-order valence-electron chi connectivity index (χ3n) is 5.34. The second-order valence-corrected chi connectivity index (χ2v) is 8.90. The molecular weight excluding hydrogens is 352 g/mol. The SMILES string of the molecule is Cc1ccc([C@@H]2C[C@@H]2C(=O)N2CCN(c3cc(Cl)ccc3C)CC2)s1. The molecule has 2 aromatic rings. The molecular formula is C20H23ClN2OS. The fraction of sp³-hybridized carbons (Fsp3) is 0.450. The Labute approximate surface area is 158 Å². The molecule has 5 heteroatoms. The molecule has 2 atom stereocenters. The van der Waals surface area contributed by atoms with E-state index in [1.807, 2.05) is 23.5 Å². The molecule has 0 spiro atoms. The van der Waals surface area contributed by atoms with Crippen LogP contribution in [0.15, 0.2) is 30.3 Å². The number of nitrogens with zero attached hydrogens (tertiary/aromatic N) is 2. The number of piperazine rings is 1. The summed E-state index contributed by atoms with van der Waals surface area (Å²) in [4.78, 5) is 19.9. The fourth-order valence-corrected chi connectivity index (χ4v) is 4.98. The zero-order valence-electron chi connectivity index (χ0n) is 14.7. The molecule has 25 heavy (non-hydrogen) atoms. The summed E-state index contributed by atoms with van der Waals surface area (Å²) in [6.45, 7) is 7.60. The highest BCUT2D eigenvalue weighted by Gasteiger charge is 2.46. The maximum Gasteiger partial charge on any atom is 0.226 e. The number of hydrogen-bond donors (Lipinski definition) is 0.